The fourth-order valence-corrected chi connectivity index (χ4v) is 10.0. The van der Waals surface area contributed by atoms with Crippen LogP contribution in [-0.2, 0) is 14.6 Å². The van der Waals surface area contributed by atoms with E-state index in [0.717, 1.165) is 54.8 Å². The summed E-state index contributed by atoms with van der Waals surface area (Å²) in [5.74, 6) is 5.59. The third-order valence-electron chi connectivity index (χ3n) is 11.1. The van der Waals surface area contributed by atoms with Crippen LogP contribution in [0.4, 0.5) is 0 Å². The summed E-state index contributed by atoms with van der Waals surface area (Å²) in [5, 5.41) is 0. The van der Waals surface area contributed by atoms with E-state index in [1.807, 2.05) is 0 Å². The van der Waals surface area contributed by atoms with Crippen molar-refractivity contribution in [3.05, 3.63) is 0 Å². The maximum absolute atomic E-state index is 11.2. The van der Waals surface area contributed by atoms with Gasteiger partial charge in [-0.25, -0.2) is 4.18 Å². The van der Waals surface area contributed by atoms with Crippen LogP contribution in [-0.4, -0.2) is 19.1 Å². The van der Waals surface area contributed by atoms with Gasteiger partial charge in [-0.05, 0) is 110 Å². The summed E-state index contributed by atoms with van der Waals surface area (Å²) in [6.45, 7) is 12.4. The first-order valence-corrected chi connectivity index (χ1v) is 15.0. The predicted molar refractivity (Wildman–Crippen MR) is 129 cm³/mol. The van der Waals surface area contributed by atoms with E-state index in [4.69, 9.17) is 8.74 Å². The molecule has 32 heavy (non-hydrogen) atoms. The van der Waals surface area contributed by atoms with Gasteiger partial charge in [0.05, 0.1) is 6.10 Å². The Hall–Kier alpha value is -0.130. The van der Waals surface area contributed by atoms with Crippen LogP contribution in [0.3, 0.4) is 0 Å². The van der Waals surface area contributed by atoms with E-state index in [9.17, 15) is 8.42 Å². The minimum Gasteiger partial charge on any atom is -0.264 e. The Kier molecular flexibility index (Phi) is 7.14. The second kappa shape index (κ2) is 9.15. The van der Waals surface area contributed by atoms with Crippen molar-refractivity contribution in [3.63, 3.8) is 0 Å². The standard InChI is InChI=1S/C27H48O4S/c1-18(2)7-6-8-19(3)23-11-12-24-22-10-9-20-17-21(31-32(28,29)30)13-15-26(20,4)25(22)14-16-27(23,24)5/h18-25H,6-17H2,1-5H3,(H,28,29,30). The Morgan fingerprint density at radius 3 is 2.28 bits per heavy atom. The van der Waals surface area contributed by atoms with Gasteiger partial charge in [-0.3, -0.25) is 4.55 Å². The summed E-state index contributed by atoms with van der Waals surface area (Å²) >= 11 is 0. The van der Waals surface area contributed by atoms with E-state index in [1.54, 1.807) is 0 Å². The monoisotopic (exact) mass is 468 g/mol. The Bertz CT molecular complexity index is 764. The topological polar surface area (TPSA) is 63.6 Å². The number of rotatable bonds is 7. The summed E-state index contributed by atoms with van der Waals surface area (Å²) in [7, 11) is -4.35. The van der Waals surface area contributed by atoms with Crippen LogP contribution in [0.2, 0.25) is 0 Å². The van der Waals surface area contributed by atoms with Gasteiger partial charge < -0.3 is 0 Å². The second-order valence-corrected chi connectivity index (χ2v) is 14.2. The quantitative estimate of drug-likeness (QED) is 0.398. The Labute approximate surface area is 197 Å². The lowest BCUT2D eigenvalue weighted by molar-refractivity contribution is -0.127. The highest BCUT2D eigenvalue weighted by Crippen LogP contribution is 2.68. The third-order valence-corrected chi connectivity index (χ3v) is 11.6. The highest BCUT2D eigenvalue weighted by Gasteiger charge is 2.60. The van der Waals surface area contributed by atoms with Gasteiger partial charge in [0.15, 0.2) is 0 Å². The van der Waals surface area contributed by atoms with Crippen LogP contribution in [0.5, 0.6) is 0 Å². The van der Waals surface area contributed by atoms with Crippen LogP contribution in [0.25, 0.3) is 0 Å². The largest absolute Gasteiger partial charge is 0.397 e. The molecule has 4 aliphatic carbocycles. The van der Waals surface area contributed by atoms with Crippen molar-refractivity contribution in [2.45, 2.75) is 118 Å². The van der Waals surface area contributed by atoms with Crippen molar-refractivity contribution in [1.82, 2.24) is 0 Å². The molecule has 0 aromatic carbocycles. The van der Waals surface area contributed by atoms with Crippen molar-refractivity contribution >= 4 is 10.4 Å². The van der Waals surface area contributed by atoms with Crippen molar-refractivity contribution < 1.29 is 17.2 Å². The van der Waals surface area contributed by atoms with E-state index in [-0.39, 0.29) is 6.10 Å². The average Bonchev–Trinajstić information content (AvgIpc) is 3.04. The lowest BCUT2D eigenvalue weighted by Crippen LogP contribution is -2.54. The molecular formula is C27H48O4S. The van der Waals surface area contributed by atoms with Crippen molar-refractivity contribution in [2.24, 2.45) is 52.3 Å². The van der Waals surface area contributed by atoms with Crippen LogP contribution in [0.15, 0.2) is 0 Å². The summed E-state index contributed by atoms with van der Waals surface area (Å²) in [6, 6.07) is 0. The lowest BCUT2D eigenvalue weighted by atomic mass is 9.44. The Morgan fingerprint density at radius 2 is 1.59 bits per heavy atom. The number of fused-ring (bicyclic) bond motifs is 5. The normalized spacial score (nSPS) is 45.2. The molecule has 4 aliphatic rings. The molecule has 186 valence electrons. The molecule has 0 aromatic rings. The molecule has 4 rings (SSSR count). The van der Waals surface area contributed by atoms with Gasteiger partial charge in [0, 0.05) is 0 Å². The molecule has 4 saturated carbocycles. The molecule has 0 bridgehead atoms. The first kappa shape index (κ1) is 25.0. The van der Waals surface area contributed by atoms with E-state index >= 15 is 0 Å². The van der Waals surface area contributed by atoms with Crippen LogP contribution >= 0.6 is 0 Å². The molecule has 0 spiro atoms. The summed E-state index contributed by atoms with van der Waals surface area (Å²) in [4.78, 5) is 0. The zero-order valence-corrected chi connectivity index (χ0v) is 22.0. The van der Waals surface area contributed by atoms with Crippen molar-refractivity contribution in [1.29, 1.82) is 0 Å². The molecular weight excluding hydrogens is 420 g/mol. The summed E-state index contributed by atoms with van der Waals surface area (Å²) in [6.07, 6.45) is 14.5. The minimum absolute atomic E-state index is 0.310. The molecule has 0 amide bonds. The molecule has 9 atom stereocenters. The summed E-state index contributed by atoms with van der Waals surface area (Å²) < 4.78 is 36.6. The molecule has 4 fully saturated rings. The van der Waals surface area contributed by atoms with Gasteiger partial charge in [-0.15, -0.1) is 0 Å². The highest BCUT2D eigenvalue weighted by molar-refractivity contribution is 7.80. The van der Waals surface area contributed by atoms with Crippen molar-refractivity contribution in [2.75, 3.05) is 0 Å². The Balaban J connectivity index is 1.43. The van der Waals surface area contributed by atoms with Crippen molar-refractivity contribution in [3.8, 4) is 0 Å². The van der Waals surface area contributed by atoms with Gasteiger partial charge >= 0.3 is 10.4 Å². The lowest BCUT2D eigenvalue weighted by Gasteiger charge is -2.61. The third kappa shape index (κ3) is 4.69. The fraction of sp³-hybridized carbons (Fsp3) is 1.00. The molecule has 0 aromatic heterocycles. The average molecular weight is 469 g/mol. The second-order valence-electron chi connectivity index (χ2n) is 13.1. The molecule has 5 heteroatoms. The zero-order valence-electron chi connectivity index (χ0n) is 21.2. The van der Waals surface area contributed by atoms with Gasteiger partial charge in [0.1, 0.15) is 0 Å². The van der Waals surface area contributed by atoms with E-state index in [0.29, 0.717) is 16.7 Å². The molecule has 4 nitrogen and oxygen atoms in total. The van der Waals surface area contributed by atoms with Gasteiger partial charge in [-0.1, -0.05) is 53.9 Å². The number of hydrogen-bond donors (Lipinski definition) is 1. The molecule has 0 heterocycles. The van der Waals surface area contributed by atoms with Gasteiger partial charge in [-0.2, -0.15) is 8.42 Å². The van der Waals surface area contributed by atoms with Crippen LogP contribution in [0, 0.1) is 52.3 Å². The number of hydrogen-bond acceptors (Lipinski definition) is 3. The maximum atomic E-state index is 11.2. The van der Waals surface area contributed by atoms with Gasteiger partial charge in [0.25, 0.3) is 0 Å². The molecule has 0 aliphatic heterocycles. The Morgan fingerprint density at radius 1 is 0.906 bits per heavy atom. The maximum Gasteiger partial charge on any atom is 0.397 e. The van der Waals surface area contributed by atoms with E-state index < -0.39 is 10.4 Å². The van der Waals surface area contributed by atoms with E-state index in [1.165, 1.54) is 57.8 Å². The first-order chi connectivity index (χ1) is 14.9. The van der Waals surface area contributed by atoms with E-state index in [2.05, 4.69) is 34.6 Å². The minimum atomic E-state index is -4.35. The van der Waals surface area contributed by atoms with Gasteiger partial charge in [0.2, 0.25) is 0 Å². The molecule has 1 N–H and O–H groups in total. The summed E-state index contributed by atoms with van der Waals surface area (Å²) in [5.41, 5.74) is 0.831. The fourth-order valence-electron chi connectivity index (χ4n) is 9.50. The zero-order chi connectivity index (χ0) is 23.3. The smallest absolute Gasteiger partial charge is 0.264 e. The molecule has 0 saturated heterocycles. The highest BCUT2D eigenvalue weighted by atomic mass is 32.3. The molecule has 9 unspecified atom stereocenters. The van der Waals surface area contributed by atoms with Crippen LogP contribution in [0.1, 0.15) is 112 Å². The first-order valence-electron chi connectivity index (χ1n) is 13.6. The van der Waals surface area contributed by atoms with Crippen LogP contribution < -0.4 is 0 Å². The molecule has 0 radical (unpaired) electrons. The predicted octanol–water partition coefficient (Wildman–Crippen LogP) is 7.30. The SMILES string of the molecule is CC(C)CCCC(C)C1CCC2C3CCC4CC(OS(=O)(=O)O)CCC4(C)C3CCC12C.